The van der Waals surface area contributed by atoms with Gasteiger partial charge in [0.25, 0.3) is 0 Å². The molecule has 0 atom stereocenters. The fraction of sp³-hybridized carbons (Fsp3) is 0.300. The van der Waals surface area contributed by atoms with Crippen LogP contribution in [0.5, 0.6) is 5.75 Å². The van der Waals surface area contributed by atoms with E-state index < -0.39 is 5.97 Å². The van der Waals surface area contributed by atoms with Gasteiger partial charge in [-0.05, 0) is 24.1 Å². The third-order valence-electron chi connectivity index (χ3n) is 1.76. The van der Waals surface area contributed by atoms with Gasteiger partial charge < -0.3 is 9.84 Å². The first kappa shape index (κ1) is 20.3. The summed E-state index contributed by atoms with van der Waals surface area (Å²) < 4.78 is 4.88. The Morgan fingerprint density at radius 3 is 2.21 bits per heavy atom. The molecule has 5 nitrogen and oxygen atoms in total. The van der Waals surface area contributed by atoms with E-state index in [0.717, 1.165) is 5.56 Å². The summed E-state index contributed by atoms with van der Waals surface area (Å²) >= 11 is 7.39. The summed E-state index contributed by atoms with van der Waals surface area (Å²) in [6, 6.07) is 6.86. The van der Waals surface area contributed by atoms with Crippen LogP contribution < -0.4 is 10.6 Å². The van der Waals surface area contributed by atoms with E-state index in [0.29, 0.717) is 12.2 Å². The molecule has 1 aromatic rings. The van der Waals surface area contributed by atoms with Gasteiger partial charge in [0, 0.05) is 6.61 Å². The molecule has 0 unspecified atom stereocenters. The van der Waals surface area contributed by atoms with Gasteiger partial charge >= 0.3 is 70.8 Å². The minimum absolute atomic E-state index is 0.0974. The number of esters is 1. The SMILES string of the molecule is NOCC(=O)Oc1ccc(CCO)cc1.[I][V]([I])[I]. The quantitative estimate of drug-likeness (QED) is 0.224. The van der Waals surface area contributed by atoms with Crippen molar-refractivity contribution >= 4 is 65.9 Å². The molecule has 9 heteroatoms. The van der Waals surface area contributed by atoms with Gasteiger partial charge in [-0.2, -0.15) is 0 Å². The second-order valence-corrected chi connectivity index (χ2v) is 38.5. The van der Waals surface area contributed by atoms with Crippen LogP contribution in [0.3, 0.4) is 0 Å². The molecule has 0 aliphatic rings. The number of hydrogen-bond acceptors (Lipinski definition) is 5. The number of carbonyl (C=O) groups is 1. The maximum atomic E-state index is 11.0. The van der Waals surface area contributed by atoms with Crippen molar-refractivity contribution in [2.75, 3.05) is 13.2 Å². The number of hydrogen-bond donors (Lipinski definition) is 2. The van der Waals surface area contributed by atoms with Gasteiger partial charge in [0.05, 0.1) is 0 Å². The van der Waals surface area contributed by atoms with Crippen molar-refractivity contribution in [2.24, 2.45) is 5.90 Å². The average Bonchev–Trinajstić information content (AvgIpc) is 2.31. The van der Waals surface area contributed by atoms with Crippen LogP contribution in [-0.2, 0) is 21.0 Å². The third-order valence-corrected chi connectivity index (χ3v) is 1.76. The molecule has 0 spiro atoms. The summed E-state index contributed by atoms with van der Waals surface area (Å²) in [5.41, 5.74) is 0.979. The van der Waals surface area contributed by atoms with E-state index in [1.807, 2.05) is 0 Å². The van der Waals surface area contributed by atoms with Crippen LogP contribution in [0.1, 0.15) is 5.56 Å². The van der Waals surface area contributed by atoms with E-state index in [9.17, 15) is 4.79 Å². The molecule has 1 aromatic carbocycles. The predicted molar refractivity (Wildman–Crippen MR) is 95.1 cm³/mol. The normalized spacial score (nSPS) is 9.79. The molecule has 19 heavy (non-hydrogen) atoms. The first-order chi connectivity index (χ1) is 8.99. The van der Waals surface area contributed by atoms with Crippen LogP contribution in [-0.4, -0.2) is 24.3 Å². The number of nitrogens with two attached hydrogens (primary N) is 1. The van der Waals surface area contributed by atoms with Gasteiger partial charge in [-0.15, -0.1) is 0 Å². The molecule has 0 fully saturated rings. The van der Waals surface area contributed by atoms with Crippen molar-refractivity contribution in [3.05, 3.63) is 29.8 Å². The Labute approximate surface area is 149 Å². The Hall–Kier alpha value is 1.34. The maximum absolute atomic E-state index is 11.0. The van der Waals surface area contributed by atoms with E-state index in [1.165, 1.54) is 0 Å². The topological polar surface area (TPSA) is 81.8 Å². The Morgan fingerprint density at radius 2 is 1.79 bits per heavy atom. The monoisotopic (exact) mass is 643 g/mol. The van der Waals surface area contributed by atoms with Gasteiger partial charge in [-0.3, -0.25) is 4.84 Å². The molecule has 0 bridgehead atoms. The molecule has 108 valence electrons. The van der Waals surface area contributed by atoms with Gasteiger partial charge in [-0.1, -0.05) is 12.1 Å². The van der Waals surface area contributed by atoms with Crippen molar-refractivity contribution in [1.82, 2.24) is 0 Å². The van der Waals surface area contributed by atoms with Crippen LogP contribution in [0.25, 0.3) is 0 Å². The molecular weight excluding hydrogens is 630 g/mol. The molecule has 0 saturated carbocycles. The molecular formula is C10H13I3NO4V. The van der Waals surface area contributed by atoms with E-state index in [2.05, 4.69) is 64.8 Å². The zero-order chi connectivity index (χ0) is 14.7. The van der Waals surface area contributed by atoms with Crippen molar-refractivity contribution in [2.45, 2.75) is 6.42 Å². The summed E-state index contributed by atoms with van der Waals surface area (Å²) in [5.74, 6) is 4.60. The van der Waals surface area contributed by atoms with Gasteiger partial charge in [0.2, 0.25) is 0 Å². The Kier molecular flexibility index (Phi) is 14.0. The van der Waals surface area contributed by atoms with E-state index >= 15 is 0 Å². The number of halogens is 3. The molecule has 0 heterocycles. The Balaban J connectivity index is 0.000000711. The number of benzene rings is 1. The molecule has 0 saturated heterocycles. The number of carbonyl (C=O) groups excluding carboxylic acids is 1. The average molecular weight is 643 g/mol. The van der Waals surface area contributed by atoms with Crippen molar-refractivity contribution in [3.63, 3.8) is 0 Å². The molecule has 0 radical (unpaired) electrons. The van der Waals surface area contributed by atoms with Crippen LogP contribution >= 0.6 is 59.9 Å². The van der Waals surface area contributed by atoms with Crippen molar-refractivity contribution in [1.29, 1.82) is 0 Å². The Morgan fingerprint density at radius 1 is 1.26 bits per heavy atom. The zero-order valence-electron chi connectivity index (χ0n) is 9.76. The molecule has 0 aromatic heterocycles. The van der Waals surface area contributed by atoms with Gasteiger partial charge in [0.1, 0.15) is 5.75 Å². The van der Waals surface area contributed by atoms with Crippen LogP contribution in [0, 0.1) is 0 Å². The van der Waals surface area contributed by atoms with Gasteiger partial charge in [0.15, 0.2) is 6.61 Å². The molecule has 0 aliphatic carbocycles. The summed E-state index contributed by atoms with van der Waals surface area (Å²) in [6.45, 7) is -0.182. The Bertz CT molecular complexity index is 362. The summed E-state index contributed by atoms with van der Waals surface area (Å²) in [6.07, 6.45) is 0.583. The first-order valence-electron chi connectivity index (χ1n) is 4.99. The third kappa shape index (κ3) is 12.8. The second-order valence-electron chi connectivity index (χ2n) is 3.09. The molecule has 0 aliphatic heterocycles. The van der Waals surface area contributed by atoms with Crippen LogP contribution in [0.4, 0.5) is 0 Å². The summed E-state index contributed by atoms with van der Waals surface area (Å²) in [4.78, 5) is 14.8. The second kappa shape index (κ2) is 13.0. The zero-order valence-corrected chi connectivity index (χ0v) is 17.6. The predicted octanol–water partition coefficient (Wildman–Crippen LogP) is 2.67. The van der Waals surface area contributed by atoms with E-state index in [-0.39, 0.29) is 18.1 Å². The fourth-order valence-corrected chi connectivity index (χ4v) is 1.08. The summed E-state index contributed by atoms with van der Waals surface area (Å²) in [7, 11) is 0. The number of aliphatic hydroxyl groups excluding tert-OH is 1. The van der Waals surface area contributed by atoms with Crippen molar-refractivity contribution in [3.8, 4) is 5.75 Å². The molecule has 3 N–H and O–H groups in total. The number of rotatable bonds is 5. The van der Waals surface area contributed by atoms with Crippen LogP contribution in [0.2, 0.25) is 0 Å². The number of aliphatic hydroxyl groups is 1. The van der Waals surface area contributed by atoms with E-state index in [1.54, 1.807) is 24.3 Å². The number of ether oxygens (including phenoxy) is 1. The minimum atomic E-state index is -0.549. The molecule has 0 amide bonds. The summed E-state index contributed by atoms with van der Waals surface area (Å²) in [5, 5.41) is 8.69. The first-order valence-corrected chi connectivity index (χ1v) is 18.5. The van der Waals surface area contributed by atoms with Gasteiger partial charge in [-0.25, -0.2) is 10.7 Å². The van der Waals surface area contributed by atoms with Crippen LogP contribution in [0.15, 0.2) is 24.3 Å². The fourth-order valence-electron chi connectivity index (χ4n) is 1.08. The van der Waals surface area contributed by atoms with Crippen molar-refractivity contribution < 1.29 is 24.4 Å². The standard InChI is InChI=1S/C10H13NO4.3HI.V/c11-14-7-10(13)15-9-3-1-8(2-4-9)5-6-12;;;;/h1-4,12H,5-7,11H2;3*1H;/q;;;;+3/p-3. The van der Waals surface area contributed by atoms with E-state index in [4.69, 9.17) is 15.7 Å². The molecule has 1 rings (SSSR count).